The second-order valence-electron chi connectivity index (χ2n) is 12.6. The second-order valence-corrected chi connectivity index (χ2v) is 12.6. The number of halogens is 2. The van der Waals surface area contributed by atoms with Gasteiger partial charge in [-0.1, -0.05) is 52.0 Å². The zero-order valence-electron chi connectivity index (χ0n) is 26.1. The van der Waals surface area contributed by atoms with E-state index in [0.29, 0.717) is 38.0 Å². The largest absolute Gasteiger partial charge is 0.344 e. The maximum absolute atomic E-state index is 14.0. The molecule has 0 radical (unpaired) electrons. The van der Waals surface area contributed by atoms with Crippen molar-refractivity contribution in [1.29, 1.82) is 0 Å². The molecule has 1 saturated heterocycles. The summed E-state index contributed by atoms with van der Waals surface area (Å²) in [4.78, 5) is 44.1. The first kappa shape index (κ1) is 32.8. The van der Waals surface area contributed by atoms with Crippen LogP contribution in [0, 0.1) is 23.0 Å². The molecule has 3 aromatic rings. The van der Waals surface area contributed by atoms with Gasteiger partial charge in [-0.05, 0) is 73.1 Å². The van der Waals surface area contributed by atoms with Crippen LogP contribution in [0.3, 0.4) is 0 Å². The highest BCUT2D eigenvalue weighted by Gasteiger charge is 2.41. The van der Waals surface area contributed by atoms with Crippen LogP contribution in [0.1, 0.15) is 69.9 Å². The molecule has 1 N–H and O–H groups in total. The number of nitrogens with one attached hydrogen (secondary N) is 1. The lowest BCUT2D eigenvalue weighted by atomic mass is 9.85. The van der Waals surface area contributed by atoms with E-state index in [1.54, 1.807) is 21.9 Å². The summed E-state index contributed by atoms with van der Waals surface area (Å²) in [7, 11) is 0. The standard InChI is InChI=1S/C33H42F2N6O3/c1-6-22(2)30(42)36-29(33(3,4)5)32(44)40-18-7-8-27(40)20-39(19-17-23-9-11-24(34)12-10-23)31(43)28-21-41(38-37-28)26-15-13-25(35)14-16-26/h9-16,21-22,27,29H,6-8,17-20H2,1-5H3,(H,36,42)/t22-,27+,29-/m1/s1. The van der Waals surface area contributed by atoms with Gasteiger partial charge in [-0.25, -0.2) is 13.5 Å². The maximum Gasteiger partial charge on any atom is 0.276 e. The van der Waals surface area contributed by atoms with Crippen molar-refractivity contribution in [2.45, 2.75) is 72.4 Å². The van der Waals surface area contributed by atoms with E-state index in [9.17, 15) is 23.2 Å². The molecule has 0 saturated carbocycles. The van der Waals surface area contributed by atoms with Crippen LogP contribution in [-0.2, 0) is 16.0 Å². The topological polar surface area (TPSA) is 100 Å². The molecular formula is C33H42F2N6O3. The van der Waals surface area contributed by atoms with Gasteiger partial charge in [-0.3, -0.25) is 14.4 Å². The number of benzene rings is 2. The number of carbonyl (C=O) groups is 3. The zero-order valence-corrected chi connectivity index (χ0v) is 26.1. The third-order valence-corrected chi connectivity index (χ3v) is 8.23. The molecule has 0 unspecified atom stereocenters. The van der Waals surface area contributed by atoms with Crippen molar-refractivity contribution in [3.05, 3.63) is 77.6 Å². The van der Waals surface area contributed by atoms with Gasteiger partial charge < -0.3 is 15.1 Å². The number of aromatic nitrogens is 3. The molecule has 1 aliphatic heterocycles. The molecular weight excluding hydrogens is 566 g/mol. The van der Waals surface area contributed by atoms with Crippen LogP contribution in [0.2, 0.25) is 0 Å². The molecule has 236 valence electrons. The summed E-state index contributed by atoms with van der Waals surface area (Å²) in [6.45, 7) is 10.7. The van der Waals surface area contributed by atoms with Crippen molar-refractivity contribution in [3.8, 4) is 5.69 Å². The summed E-state index contributed by atoms with van der Waals surface area (Å²) in [6, 6.07) is 10.8. The molecule has 9 nitrogen and oxygen atoms in total. The summed E-state index contributed by atoms with van der Waals surface area (Å²) < 4.78 is 28.3. The van der Waals surface area contributed by atoms with Crippen LogP contribution in [0.4, 0.5) is 8.78 Å². The molecule has 2 aromatic carbocycles. The van der Waals surface area contributed by atoms with Gasteiger partial charge in [0.1, 0.15) is 17.7 Å². The van der Waals surface area contributed by atoms with E-state index in [-0.39, 0.29) is 53.6 Å². The number of hydrogen-bond acceptors (Lipinski definition) is 5. The van der Waals surface area contributed by atoms with Gasteiger partial charge in [0.2, 0.25) is 11.8 Å². The summed E-state index contributed by atoms with van der Waals surface area (Å²) in [5, 5.41) is 11.2. The Morgan fingerprint density at radius 2 is 1.68 bits per heavy atom. The fourth-order valence-corrected chi connectivity index (χ4v) is 5.29. The van der Waals surface area contributed by atoms with Crippen molar-refractivity contribution >= 4 is 17.7 Å². The molecule has 0 aliphatic carbocycles. The van der Waals surface area contributed by atoms with Gasteiger partial charge in [-0.15, -0.1) is 5.10 Å². The number of amides is 3. The fraction of sp³-hybridized carbons (Fsp3) is 0.485. The van der Waals surface area contributed by atoms with Crippen molar-refractivity contribution in [3.63, 3.8) is 0 Å². The number of likely N-dealkylation sites (tertiary alicyclic amines) is 1. The van der Waals surface area contributed by atoms with E-state index in [1.807, 2.05) is 34.6 Å². The molecule has 3 amide bonds. The van der Waals surface area contributed by atoms with E-state index in [0.717, 1.165) is 12.0 Å². The Balaban J connectivity index is 1.56. The Hall–Kier alpha value is -4.15. The van der Waals surface area contributed by atoms with E-state index in [4.69, 9.17) is 0 Å². The normalized spacial score (nSPS) is 16.4. The average Bonchev–Trinajstić information content (AvgIpc) is 3.68. The molecule has 44 heavy (non-hydrogen) atoms. The van der Waals surface area contributed by atoms with Crippen molar-refractivity contribution < 1.29 is 23.2 Å². The predicted octanol–water partition coefficient (Wildman–Crippen LogP) is 4.80. The molecule has 11 heteroatoms. The molecule has 1 aliphatic rings. The fourth-order valence-electron chi connectivity index (χ4n) is 5.29. The van der Waals surface area contributed by atoms with Gasteiger partial charge in [0.05, 0.1) is 11.9 Å². The quantitative estimate of drug-likeness (QED) is 0.337. The maximum atomic E-state index is 14.0. The highest BCUT2D eigenvalue weighted by molar-refractivity contribution is 5.92. The van der Waals surface area contributed by atoms with Crippen LogP contribution in [0.15, 0.2) is 54.7 Å². The van der Waals surface area contributed by atoms with E-state index >= 15 is 0 Å². The lowest BCUT2D eigenvalue weighted by molar-refractivity contribution is -0.141. The number of nitrogens with zero attached hydrogens (tertiary/aromatic N) is 5. The number of carbonyl (C=O) groups excluding carboxylic acids is 3. The zero-order chi connectivity index (χ0) is 32.0. The van der Waals surface area contributed by atoms with Crippen LogP contribution in [-0.4, -0.2) is 74.2 Å². The predicted molar refractivity (Wildman–Crippen MR) is 163 cm³/mol. The van der Waals surface area contributed by atoms with Crippen molar-refractivity contribution in [1.82, 2.24) is 30.1 Å². The number of rotatable bonds is 11. The molecule has 1 aromatic heterocycles. The Morgan fingerprint density at radius 1 is 1.05 bits per heavy atom. The highest BCUT2D eigenvalue weighted by Crippen LogP contribution is 2.27. The van der Waals surface area contributed by atoms with Gasteiger partial charge >= 0.3 is 0 Å². The Labute approximate surface area is 257 Å². The van der Waals surface area contributed by atoms with E-state index in [1.165, 1.54) is 47.3 Å². The molecule has 4 rings (SSSR count). The summed E-state index contributed by atoms with van der Waals surface area (Å²) in [5.41, 5.74) is 0.998. The average molecular weight is 609 g/mol. The monoisotopic (exact) mass is 608 g/mol. The minimum absolute atomic E-state index is 0.109. The Morgan fingerprint density at radius 3 is 2.30 bits per heavy atom. The summed E-state index contributed by atoms with van der Waals surface area (Å²) in [6.07, 6.45) is 4.10. The van der Waals surface area contributed by atoms with E-state index in [2.05, 4.69) is 15.6 Å². The molecule has 0 bridgehead atoms. The van der Waals surface area contributed by atoms with Crippen LogP contribution < -0.4 is 5.32 Å². The van der Waals surface area contributed by atoms with Crippen LogP contribution in [0.5, 0.6) is 0 Å². The molecule has 2 heterocycles. The second kappa shape index (κ2) is 14.1. The van der Waals surface area contributed by atoms with Crippen molar-refractivity contribution in [2.75, 3.05) is 19.6 Å². The Kier molecular flexibility index (Phi) is 10.5. The summed E-state index contributed by atoms with van der Waals surface area (Å²) in [5.74, 6) is -1.63. The third kappa shape index (κ3) is 8.06. The van der Waals surface area contributed by atoms with E-state index < -0.39 is 11.5 Å². The first-order chi connectivity index (χ1) is 20.9. The molecule has 3 atom stereocenters. The van der Waals surface area contributed by atoms with Crippen molar-refractivity contribution in [2.24, 2.45) is 11.3 Å². The van der Waals surface area contributed by atoms with Gasteiger partial charge in [0.15, 0.2) is 5.69 Å². The van der Waals surface area contributed by atoms with Gasteiger partial charge in [-0.2, -0.15) is 0 Å². The SMILES string of the molecule is CC[C@@H](C)C(=O)N[C@H](C(=O)N1CCC[C@H]1CN(CCc1ccc(F)cc1)C(=O)c1cn(-c2ccc(F)cc2)nn1)C(C)(C)C. The molecule has 0 spiro atoms. The third-order valence-electron chi connectivity index (χ3n) is 8.23. The first-order valence-electron chi connectivity index (χ1n) is 15.2. The summed E-state index contributed by atoms with van der Waals surface area (Å²) >= 11 is 0. The Bertz CT molecular complexity index is 1430. The smallest absolute Gasteiger partial charge is 0.276 e. The molecule has 1 fully saturated rings. The minimum atomic E-state index is -0.719. The lowest BCUT2D eigenvalue weighted by Gasteiger charge is -2.37. The first-order valence-corrected chi connectivity index (χ1v) is 15.2. The van der Waals surface area contributed by atoms with Gasteiger partial charge in [0.25, 0.3) is 5.91 Å². The van der Waals surface area contributed by atoms with Crippen LogP contribution in [0.25, 0.3) is 5.69 Å². The van der Waals surface area contributed by atoms with Crippen LogP contribution >= 0.6 is 0 Å². The lowest BCUT2D eigenvalue weighted by Crippen LogP contribution is -2.57. The highest BCUT2D eigenvalue weighted by atomic mass is 19.1. The number of hydrogen-bond donors (Lipinski definition) is 1. The van der Waals surface area contributed by atoms with Gasteiger partial charge in [0, 0.05) is 31.6 Å². The minimum Gasteiger partial charge on any atom is -0.344 e.